The average Bonchev–Trinajstić information content (AvgIpc) is 2.59. The number of aliphatic carboxylic acids is 2. The molecule has 0 amide bonds. The van der Waals surface area contributed by atoms with Crippen molar-refractivity contribution >= 4 is 17.9 Å². The molecule has 7 nitrogen and oxygen atoms in total. The van der Waals surface area contributed by atoms with Gasteiger partial charge in [-0.15, -0.1) is 0 Å². The Morgan fingerprint density at radius 2 is 1.17 bits per heavy atom. The number of ether oxygens (including phenoxy) is 1. The number of unbranched alkanes of at least 4 members (excludes halogenated alkanes) is 11. The molecule has 0 fully saturated rings. The van der Waals surface area contributed by atoms with Crippen LogP contribution in [0.5, 0.6) is 0 Å². The maximum atomic E-state index is 12.0. The predicted molar refractivity (Wildman–Crippen MR) is 115 cm³/mol. The van der Waals surface area contributed by atoms with Gasteiger partial charge in [-0.3, -0.25) is 9.59 Å². The summed E-state index contributed by atoms with van der Waals surface area (Å²) in [7, 11) is 5.79. The van der Waals surface area contributed by atoms with Crippen molar-refractivity contribution in [1.82, 2.24) is 0 Å². The van der Waals surface area contributed by atoms with E-state index in [0.717, 1.165) is 38.5 Å². The zero-order chi connectivity index (χ0) is 22.8. The van der Waals surface area contributed by atoms with E-state index in [1.54, 1.807) is 0 Å². The average molecular weight is 430 g/mol. The van der Waals surface area contributed by atoms with Gasteiger partial charge in [-0.05, 0) is 12.8 Å². The number of rotatable bonds is 20. The fraction of sp³-hybridized carbons (Fsp3) is 0.870. The molecule has 0 radical (unpaired) electrons. The van der Waals surface area contributed by atoms with Gasteiger partial charge in [0.25, 0.3) is 0 Å². The maximum absolute atomic E-state index is 12.0. The van der Waals surface area contributed by atoms with E-state index in [9.17, 15) is 19.5 Å². The Balaban J connectivity index is 3.59. The van der Waals surface area contributed by atoms with Crippen molar-refractivity contribution in [2.45, 2.75) is 102 Å². The van der Waals surface area contributed by atoms with Gasteiger partial charge in [-0.1, -0.05) is 64.2 Å². The Morgan fingerprint density at radius 1 is 0.767 bits per heavy atom. The van der Waals surface area contributed by atoms with E-state index in [1.807, 2.05) is 21.1 Å². The topological polar surface area (TPSA) is 104 Å². The van der Waals surface area contributed by atoms with E-state index < -0.39 is 18.0 Å². The molecule has 0 aromatic rings. The summed E-state index contributed by atoms with van der Waals surface area (Å²) in [5, 5.41) is 19.4. The summed E-state index contributed by atoms with van der Waals surface area (Å²) in [4.78, 5) is 33.3. The van der Waals surface area contributed by atoms with Gasteiger partial charge < -0.3 is 24.2 Å². The SMILES string of the molecule is C[N+](C)(C)C[C@@H](CC(=O)[O-])OC(=O)CCCCCCCCCCCCCCC(=O)O. The van der Waals surface area contributed by atoms with E-state index in [1.165, 1.54) is 38.5 Å². The van der Waals surface area contributed by atoms with Crippen LogP contribution in [0.25, 0.3) is 0 Å². The van der Waals surface area contributed by atoms with Crippen molar-refractivity contribution in [3.05, 3.63) is 0 Å². The third kappa shape index (κ3) is 21.1. The molecule has 0 heterocycles. The number of carbonyl (C=O) groups is 3. The lowest BCUT2D eigenvalue weighted by Gasteiger charge is -2.29. The lowest BCUT2D eigenvalue weighted by molar-refractivity contribution is -0.873. The van der Waals surface area contributed by atoms with Crippen molar-refractivity contribution in [3.63, 3.8) is 0 Å². The van der Waals surface area contributed by atoms with Crippen LogP contribution in [0.2, 0.25) is 0 Å². The molecular formula is C23H43NO6. The van der Waals surface area contributed by atoms with Gasteiger partial charge in [-0.2, -0.15) is 0 Å². The van der Waals surface area contributed by atoms with Gasteiger partial charge in [0, 0.05) is 25.2 Å². The number of nitrogens with zero attached hydrogens (tertiary/aromatic N) is 1. The van der Waals surface area contributed by atoms with Gasteiger partial charge >= 0.3 is 11.9 Å². The van der Waals surface area contributed by atoms with Crippen molar-refractivity contribution in [1.29, 1.82) is 0 Å². The molecule has 0 aliphatic heterocycles. The second-order valence-electron chi connectivity index (χ2n) is 9.30. The van der Waals surface area contributed by atoms with Crippen molar-refractivity contribution in [2.24, 2.45) is 0 Å². The first kappa shape index (κ1) is 28.4. The Hall–Kier alpha value is -1.63. The molecule has 0 aliphatic carbocycles. The van der Waals surface area contributed by atoms with Crippen molar-refractivity contribution < 1.29 is 33.8 Å². The molecule has 30 heavy (non-hydrogen) atoms. The molecule has 1 atom stereocenters. The quantitative estimate of drug-likeness (QED) is 0.181. The molecule has 7 heteroatoms. The van der Waals surface area contributed by atoms with Gasteiger partial charge in [0.15, 0.2) is 6.10 Å². The third-order valence-corrected chi connectivity index (χ3v) is 4.97. The van der Waals surface area contributed by atoms with Crippen LogP contribution in [-0.2, 0) is 19.1 Å². The number of carboxylic acid groups (broad SMARTS) is 2. The lowest BCUT2D eigenvalue weighted by Crippen LogP contribution is -2.45. The first-order chi connectivity index (χ1) is 14.1. The Bertz CT molecular complexity index is 487. The van der Waals surface area contributed by atoms with Crippen LogP contribution < -0.4 is 5.11 Å². The first-order valence-corrected chi connectivity index (χ1v) is 11.5. The highest BCUT2D eigenvalue weighted by molar-refractivity contribution is 5.70. The third-order valence-electron chi connectivity index (χ3n) is 4.97. The second-order valence-corrected chi connectivity index (χ2v) is 9.30. The van der Waals surface area contributed by atoms with E-state index in [-0.39, 0.29) is 18.8 Å². The Morgan fingerprint density at radius 3 is 1.53 bits per heavy atom. The number of carbonyl (C=O) groups excluding carboxylic acids is 2. The Labute approximate surface area is 182 Å². The molecule has 176 valence electrons. The number of carboxylic acids is 2. The molecule has 0 unspecified atom stereocenters. The van der Waals surface area contributed by atoms with Crippen LogP contribution in [0.15, 0.2) is 0 Å². The fourth-order valence-corrected chi connectivity index (χ4v) is 3.50. The summed E-state index contributed by atoms with van der Waals surface area (Å²) in [6, 6.07) is 0. The highest BCUT2D eigenvalue weighted by atomic mass is 16.5. The van der Waals surface area contributed by atoms with Crippen LogP contribution in [0.1, 0.15) is 96.3 Å². The number of quaternary nitrogens is 1. The van der Waals surface area contributed by atoms with Gasteiger partial charge in [0.1, 0.15) is 6.54 Å². The van der Waals surface area contributed by atoms with Crippen LogP contribution in [-0.4, -0.2) is 61.3 Å². The van der Waals surface area contributed by atoms with Crippen molar-refractivity contribution in [2.75, 3.05) is 27.7 Å². The van der Waals surface area contributed by atoms with E-state index in [4.69, 9.17) is 9.84 Å². The van der Waals surface area contributed by atoms with Crippen LogP contribution >= 0.6 is 0 Å². The molecule has 0 aromatic carbocycles. The summed E-state index contributed by atoms with van der Waals surface area (Å²) in [5.74, 6) is -2.22. The van der Waals surface area contributed by atoms with E-state index in [2.05, 4.69) is 0 Å². The summed E-state index contributed by atoms with van der Waals surface area (Å²) in [6.07, 6.45) is 12.8. The monoisotopic (exact) mass is 429 g/mol. The molecular weight excluding hydrogens is 386 g/mol. The van der Waals surface area contributed by atoms with Crippen LogP contribution in [0, 0.1) is 0 Å². The highest BCUT2D eigenvalue weighted by Gasteiger charge is 2.22. The van der Waals surface area contributed by atoms with Crippen LogP contribution in [0.3, 0.4) is 0 Å². The second kappa shape index (κ2) is 17.1. The zero-order valence-corrected chi connectivity index (χ0v) is 19.3. The molecule has 0 aromatic heterocycles. The summed E-state index contributed by atoms with van der Waals surface area (Å²) < 4.78 is 5.88. The van der Waals surface area contributed by atoms with E-state index >= 15 is 0 Å². The van der Waals surface area contributed by atoms with Crippen molar-refractivity contribution in [3.8, 4) is 0 Å². The van der Waals surface area contributed by atoms with Gasteiger partial charge in [0.2, 0.25) is 0 Å². The number of hydrogen-bond acceptors (Lipinski definition) is 5. The van der Waals surface area contributed by atoms with E-state index in [0.29, 0.717) is 17.4 Å². The molecule has 0 saturated heterocycles. The lowest BCUT2D eigenvalue weighted by atomic mass is 10.0. The number of esters is 1. The number of hydrogen-bond donors (Lipinski definition) is 1. The van der Waals surface area contributed by atoms with Gasteiger partial charge in [0.05, 0.1) is 21.1 Å². The minimum absolute atomic E-state index is 0.260. The molecule has 0 rings (SSSR count). The number of likely N-dealkylation sites (N-methyl/N-ethyl adjacent to an activating group) is 1. The smallest absolute Gasteiger partial charge is 0.306 e. The molecule has 1 N–H and O–H groups in total. The molecule has 0 bridgehead atoms. The summed E-state index contributed by atoms with van der Waals surface area (Å²) >= 11 is 0. The summed E-state index contributed by atoms with van der Waals surface area (Å²) in [6.45, 7) is 0.446. The highest BCUT2D eigenvalue weighted by Crippen LogP contribution is 2.14. The molecule has 0 spiro atoms. The fourth-order valence-electron chi connectivity index (χ4n) is 3.50. The first-order valence-electron chi connectivity index (χ1n) is 11.5. The van der Waals surface area contributed by atoms with Crippen LogP contribution in [0.4, 0.5) is 0 Å². The molecule has 0 aliphatic rings. The minimum atomic E-state index is -1.19. The zero-order valence-electron chi connectivity index (χ0n) is 19.3. The Kier molecular flexibility index (Phi) is 16.2. The normalized spacial score (nSPS) is 12.5. The standard InChI is InChI=1S/C23H43NO6/c1-24(2,3)19-20(18-22(27)28)30-23(29)17-15-13-11-9-7-5-4-6-8-10-12-14-16-21(25)26/h20H,4-19H2,1-3H3,(H-,25,26,27,28)/t20-/m1/s1. The summed E-state index contributed by atoms with van der Waals surface area (Å²) in [5.41, 5.74) is 0. The van der Waals surface area contributed by atoms with Gasteiger partial charge in [-0.25, -0.2) is 0 Å². The maximum Gasteiger partial charge on any atom is 0.306 e. The predicted octanol–water partition coefficient (Wildman–Crippen LogP) is 3.29. The molecule has 0 saturated carbocycles. The largest absolute Gasteiger partial charge is 0.550 e. The minimum Gasteiger partial charge on any atom is -0.550 e.